The summed E-state index contributed by atoms with van der Waals surface area (Å²) < 4.78 is 11.9. The van der Waals surface area contributed by atoms with Crippen LogP contribution in [0.2, 0.25) is 0 Å². The van der Waals surface area contributed by atoms with Crippen LogP contribution in [0.25, 0.3) is 0 Å². The molecule has 1 saturated heterocycles. The first-order chi connectivity index (χ1) is 13.2. The van der Waals surface area contributed by atoms with Gasteiger partial charge in [0.25, 0.3) is 0 Å². The molecule has 4 heteroatoms. The summed E-state index contributed by atoms with van der Waals surface area (Å²) in [5, 5.41) is 0. The Morgan fingerprint density at radius 1 is 1.07 bits per heavy atom. The van der Waals surface area contributed by atoms with Crippen molar-refractivity contribution in [3.63, 3.8) is 0 Å². The number of aryl methyl sites for hydroxylation is 1. The molecule has 1 spiro atoms. The van der Waals surface area contributed by atoms with Crippen LogP contribution in [-0.4, -0.2) is 36.1 Å². The topological polar surface area (TPSA) is 38.8 Å². The normalized spacial score (nSPS) is 17.9. The van der Waals surface area contributed by atoms with Crippen LogP contribution in [0.15, 0.2) is 48.5 Å². The van der Waals surface area contributed by atoms with Crippen LogP contribution in [0.4, 0.5) is 0 Å². The third kappa shape index (κ3) is 3.95. The van der Waals surface area contributed by atoms with E-state index < -0.39 is 0 Å². The molecule has 0 aliphatic carbocycles. The molecule has 0 bridgehead atoms. The van der Waals surface area contributed by atoms with Crippen LogP contribution in [0.1, 0.15) is 37.3 Å². The summed E-state index contributed by atoms with van der Waals surface area (Å²) in [7, 11) is 0. The predicted molar refractivity (Wildman–Crippen MR) is 105 cm³/mol. The van der Waals surface area contributed by atoms with Crippen molar-refractivity contribution in [2.24, 2.45) is 0 Å². The summed E-state index contributed by atoms with van der Waals surface area (Å²) in [5.41, 5.74) is 2.24. The van der Waals surface area contributed by atoms with E-state index in [1.807, 2.05) is 42.2 Å². The van der Waals surface area contributed by atoms with Gasteiger partial charge in [-0.1, -0.05) is 30.3 Å². The van der Waals surface area contributed by atoms with Crippen molar-refractivity contribution in [2.45, 2.75) is 44.6 Å². The zero-order valence-corrected chi connectivity index (χ0v) is 15.9. The zero-order chi connectivity index (χ0) is 18.7. The van der Waals surface area contributed by atoms with Gasteiger partial charge in [0, 0.05) is 25.9 Å². The highest BCUT2D eigenvalue weighted by Gasteiger charge is 2.40. The van der Waals surface area contributed by atoms with Gasteiger partial charge in [0.2, 0.25) is 5.91 Å². The van der Waals surface area contributed by atoms with Gasteiger partial charge >= 0.3 is 0 Å². The first kappa shape index (κ1) is 17.9. The van der Waals surface area contributed by atoms with Crippen molar-refractivity contribution >= 4 is 5.91 Å². The molecular weight excluding hydrogens is 338 g/mol. The number of ether oxygens (including phenoxy) is 2. The van der Waals surface area contributed by atoms with Crippen molar-refractivity contribution in [1.82, 2.24) is 4.90 Å². The highest BCUT2D eigenvalue weighted by atomic mass is 16.5. The van der Waals surface area contributed by atoms with E-state index in [1.165, 1.54) is 5.56 Å². The number of carbonyl (C=O) groups excluding carboxylic acids is 1. The minimum Gasteiger partial charge on any atom is -0.494 e. The predicted octanol–water partition coefficient (Wildman–Crippen LogP) is 4.01. The molecule has 0 saturated carbocycles. The second-order valence-corrected chi connectivity index (χ2v) is 7.53. The van der Waals surface area contributed by atoms with Gasteiger partial charge in [-0.15, -0.1) is 0 Å². The fourth-order valence-electron chi connectivity index (χ4n) is 4.13. The Balaban J connectivity index is 1.33. The summed E-state index contributed by atoms with van der Waals surface area (Å²) in [6.07, 6.45) is 4.39. The van der Waals surface area contributed by atoms with Crippen LogP contribution in [0.5, 0.6) is 11.5 Å². The van der Waals surface area contributed by atoms with E-state index in [1.54, 1.807) is 0 Å². The average molecular weight is 365 g/mol. The Bertz CT molecular complexity index is 792. The molecule has 4 nitrogen and oxygen atoms in total. The molecule has 142 valence electrons. The number of benzene rings is 2. The minimum atomic E-state index is -0.0930. The van der Waals surface area contributed by atoms with Gasteiger partial charge in [0.05, 0.1) is 13.0 Å². The first-order valence-corrected chi connectivity index (χ1v) is 9.94. The molecular formula is C23H27NO3. The van der Waals surface area contributed by atoms with Crippen LogP contribution in [0, 0.1) is 0 Å². The number of piperidine rings is 1. The van der Waals surface area contributed by atoms with Crippen LogP contribution < -0.4 is 9.47 Å². The van der Waals surface area contributed by atoms with Gasteiger partial charge < -0.3 is 14.4 Å². The maximum atomic E-state index is 12.7. The Labute approximate surface area is 161 Å². The molecule has 1 fully saturated rings. The molecule has 2 aromatic rings. The third-order valence-electron chi connectivity index (χ3n) is 5.77. The Morgan fingerprint density at radius 2 is 1.81 bits per heavy atom. The molecule has 1 amide bonds. The van der Waals surface area contributed by atoms with Crippen molar-refractivity contribution in [1.29, 1.82) is 0 Å². The van der Waals surface area contributed by atoms with Crippen LogP contribution in [0.3, 0.4) is 0 Å². The summed E-state index contributed by atoms with van der Waals surface area (Å²) in [5.74, 6) is 2.08. The number of hydrogen-bond acceptors (Lipinski definition) is 3. The molecule has 0 atom stereocenters. The minimum absolute atomic E-state index is 0.0930. The highest BCUT2D eigenvalue weighted by molar-refractivity contribution is 5.79. The smallest absolute Gasteiger partial charge is 0.226 e. The summed E-state index contributed by atoms with van der Waals surface area (Å²) in [4.78, 5) is 14.7. The van der Waals surface area contributed by atoms with E-state index in [0.29, 0.717) is 13.0 Å². The molecule has 4 rings (SSSR count). The number of nitrogens with zero attached hydrogens (tertiary/aromatic N) is 1. The van der Waals surface area contributed by atoms with Gasteiger partial charge in [-0.3, -0.25) is 4.79 Å². The summed E-state index contributed by atoms with van der Waals surface area (Å²) in [6, 6.07) is 16.2. The van der Waals surface area contributed by atoms with E-state index in [9.17, 15) is 4.79 Å². The van der Waals surface area contributed by atoms with Gasteiger partial charge in [0.15, 0.2) is 0 Å². The molecule has 2 aromatic carbocycles. The fraction of sp³-hybridized carbons (Fsp3) is 0.435. The second-order valence-electron chi connectivity index (χ2n) is 7.53. The largest absolute Gasteiger partial charge is 0.494 e. The molecule has 0 N–H and O–H groups in total. The second kappa shape index (κ2) is 7.63. The van der Waals surface area contributed by atoms with E-state index in [4.69, 9.17) is 9.47 Å². The van der Waals surface area contributed by atoms with E-state index >= 15 is 0 Å². The molecule has 2 aliphatic rings. The Morgan fingerprint density at radius 3 is 2.56 bits per heavy atom. The number of likely N-dealkylation sites (tertiary alicyclic amines) is 1. The third-order valence-corrected chi connectivity index (χ3v) is 5.77. The number of para-hydroxylation sites is 1. The number of hydrogen-bond donors (Lipinski definition) is 0. The number of fused-ring (bicyclic) bond motifs is 1. The number of carbonyl (C=O) groups is 1. The first-order valence-electron chi connectivity index (χ1n) is 9.94. The van der Waals surface area contributed by atoms with E-state index in [0.717, 1.165) is 55.8 Å². The lowest BCUT2D eigenvalue weighted by atomic mass is 9.83. The van der Waals surface area contributed by atoms with E-state index in [2.05, 4.69) is 18.2 Å². The van der Waals surface area contributed by atoms with Crippen molar-refractivity contribution in [2.75, 3.05) is 19.7 Å². The van der Waals surface area contributed by atoms with Gasteiger partial charge in [0.1, 0.15) is 17.1 Å². The fourth-order valence-corrected chi connectivity index (χ4v) is 4.13. The molecule has 2 heterocycles. The lowest BCUT2D eigenvalue weighted by Gasteiger charge is -2.44. The van der Waals surface area contributed by atoms with Gasteiger partial charge in [-0.2, -0.15) is 0 Å². The van der Waals surface area contributed by atoms with Crippen molar-refractivity contribution in [3.8, 4) is 11.5 Å². The molecule has 2 aliphatic heterocycles. The van der Waals surface area contributed by atoms with Gasteiger partial charge in [-0.25, -0.2) is 0 Å². The van der Waals surface area contributed by atoms with Crippen LogP contribution >= 0.6 is 0 Å². The standard InChI is InChI=1S/C23H27NO3/c1-2-26-20-9-7-18(8-10-20)17-22(25)24-15-13-23(14-16-24)12-11-19-5-3-4-6-21(19)27-23/h3-10H,2,11-17H2,1H3. The molecule has 27 heavy (non-hydrogen) atoms. The monoisotopic (exact) mass is 365 g/mol. The lowest BCUT2D eigenvalue weighted by Crippen LogP contribution is -2.51. The highest BCUT2D eigenvalue weighted by Crippen LogP contribution is 2.39. The zero-order valence-electron chi connectivity index (χ0n) is 15.9. The lowest BCUT2D eigenvalue weighted by molar-refractivity contribution is -0.134. The van der Waals surface area contributed by atoms with Crippen molar-refractivity contribution in [3.05, 3.63) is 59.7 Å². The molecule has 0 unspecified atom stereocenters. The SMILES string of the molecule is CCOc1ccc(CC(=O)N2CCC3(CCc4ccccc4O3)CC2)cc1. The Hall–Kier alpha value is -2.49. The maximum absolute atomic E-state index is 12.7. The number of amides is 1. The number of rotatable bonds is 4. The van der Waals surface area contributed by atoms with Crippen LogP contribution in [-0.2, 0) is 17.6 Å². The summed E-state index contributed by atoms with van der Waals surface area (Å²) in [6.45, 7) is 4.17. The maximum Gasteiger partial charge on any atom is 0.226 e. The molecule has 0 aromatic heterocycles. The van der Waals surface area contributed by atoms with Gasteiger partial charge in [-0.05, 0) is 49.1 Å². The van der Waals surface area contributed by atoms with E-state index in [-0.39, 0.29) is 11.5 Å². The quantitative estimate of drug-likeness (QED) is 0.822. The molecule has 0 radical (unpaired) electrons. The Kier molecular flexibility index (Phi) is 5.06. The summed E-state index contributed by atoms with van der Waals surface area (Å²) >= 11 is 0. The average Bonchev–Trinajstić information content (AvgIpc) is 2.70. The van der Waals surface area contributed by atoms with Crippen molar-refractivity contribution < 1.29 is 14.3 Å².